The second-order valence-corrected chi connectivity index (χ2v) is 5.94. The van der Waals surface area contributed by atoms with E-state index in [9.17, 15) is 10.0 Å². The second-order valence-electron chi connectivity index (χ2n) is 3.53. The third kappa shape index (κ3) is 3.93. The summed E-state index contributed by atoms with van der Waals surface area (Å²) in [7, 11) is 0. The molecule has 2 aromatic rings. The van der Waals surface area contributed by atoms with Gasteiger partial charge in [0.1, 0.15) is 0 Å². The lowest BCUT2D eigenvalue weighted by atomic mass is 10.3. The van der Waals surface area contributed by atoms with E-state index in [1.807, 2.05) is 0 Å². The van der Waals surface area contributed by atoms with E-state index in [4.69, 9.17) is 5.21 Å². The molecule has 1 aromatic carbocycles. The highest BCUT2D eigenvalue weighted by molar-refractivity contribution is 8.01. The maximum absolute atomic E-state index is 10.9. The molecule has 6 nitrogen and oxygen atoms in total. The summed E-state index contributed by atoms with van der Waals surface area (Å²) in [5.74, 6) is -0.159. The average molecular weight is 296 g/mol. The van der Waals surface area contributed by atoms with Crippen LogP contribution in [0.4, 0.5) is 10.8 Å². The molecule has 0 saturated heterocycles. The predicted molar refractivity (Wildman–Crippen MR) is 74.6 cm³/mol. The number of nitrogens with one attached hydrogen (secondary N) is 1. The molecule has 2 N–H and O–H groups in total. The number of nitrogens with zero attached hydrogens (tertiary/aromatic N) is 2. The van der Waals surface area contributed by atoms with Gasteiger partial charge in [-0.3, -0.25) is 10.0 Å². The molecule has 0 spiro atoms. The van der Waals surface area contributed by atoms with E-state index in [1.165, 1.54) is 42.2 Å². The molecule has 0 atom stereocenters. The minimum Gasteiger partial charge on any atom is -0.733 e. The molecule has 0 unspecified atom stereocenters. The minimum atomic E-state index is -0.184. The van der Waals surface area contributed by atoms with Gasteiger partial charge < -0.3 is 15.8 Å². The van der Waals surface area contributed by atoms with Crippen LogP contribution in [0.5, 0.6) is 0 Å². The number of aromatic nitrogens is 1. The van der Waals surface area contributed by atoms with Crippen LogP contribution in [-0.4, -0.2) is 16.1 Å². The summed E-state index contributed by atoms with van der Waals surface area (Å²) in [6.45, 7) is 1.43. The molecule has 0 aliphatic rings. The van der Waals surface area contributed by atoms with Crippen LogP contribution < -0.4 is 10.5 Å². The van der Waals surface area contributed by atoms with Crippen LogP contribution in [0.2, 0.25) is 0 Å². The van der Waals surface area contributed by atoms with Crippen molar-refractivity contribution in [3.05, 3.63) is 35.7 Å². The van der Waals surface area contributed by atoms with E-state index in [-0.39, 0.29) is 16.8 Å². The highest BCUT2D eigenvalue weighted by atomic mass is 32.2. The SMILES string of the molecule is CC(=O)Nc1ncc(Sc2ccc(N([O-])O)cc2)s1. The van der Waals surface area contributed by atoms with Crippen molar-refractivity contribution in [2.75, 3.05) is 10.5 Å². The molecule has 0 fully saturated rings. The smallest absolute Gasteiger partial charge is 0.223 e. The fourth-order valence-corrected chi connectivity index (χ4v) is 3.17. The summed E-state index contributed by atoms with van der Waals surface area (Å²) in [4.78, 5) is 15.8. The Bertz CT molecular complexity index is 569. The van der Waals surface area contributed by atoms with Gasteiger partial charge in [0.05, 0.1) is 16.1 Å². The van der Waals surface area contributed by atoms with Gasteiger partial charge in [-0.05, 0) is 24.3 Å². The molecule has 0 aliphatic heterocycles. The number of carbonyl (C=O) groups excluding carboxylic acids is 1. The van der Waals surface area contributed by atoms with Gasteiger partial charge in [0.25, 0.3) is 0 Å². The molecule has 0 aliphatic carbocycles. The maximum Gasteiger partial charge on any atom is 0.223 e. The number of amides is 1. The first kappa shape index (κ1) is 13.8. The van der Waals surface area contributed by atoms with Crippen LogP contribution in [0.15, 0.2) is 39.6 Å². The summed E-state index contributed by atoms with van der Waals surface area (Å²) >= 11 is 2.82. The molecule has 8 heteroatoms. The molecule has 19 heavy (non-hydrogen) atoms. The van der Waals surface area contributed by atoms with Gasteiger partial charge in [0.15, 0.2) is 5.13 Å². The van der Waals surface area contributed by atoms with Gasteiger partial charge in [0.2, 0.25) is 5.91 Å². The molecule has 1 heterocycles. The molecule has 0 bridgehead atoms. The largest absolute Gasteiger partial charge is 0.733 e. The van der Waals surface area contributed by atoms with Crippen LogP contribution in [0.3, 0.4) is 0 Å². The first-order valence-corrected chi connectivity index (χ1v) is 6.85. The Labute approximate surface area is 117 Å². The normalized spacial score (nSPS) is 10.3. The third-order valence-electron chi connectivity index (χ3n) is 2.04. The molecule has 2 rings (SSSR count). The number of hydrogen-bond donors (Lipinski definition) is 2. The van der Waals surface area contributed by atoms with Crippen molar-refractivity contribution in [3.8, 4) is 0 Å². The molecule has 100 valence electrons. The van der Waals surface area contributed by atoms with Crippen molar-refractivity contribution >= 4 is 39.8 Å². The number of rotatable bonds is 4. The molecule has 1 aromatic heterocycles. The summed E-state index contributed by atoms with van der Waals surface area (Å²) in [5.41, 5.74) is 0.174. The molecule has 0 radical (unpaired) electrons. The van der Waals surface area contributed by atoms with Crippen molar-refractivity contribution in [1.82, 2.24) is 4.98 Å². The lowest BCUT2D eigenvalue weighted by molar-refractivity contribution is -0.114. The Morgan fingerprint density at radius 1 is 1.47 bits per heavy atom. The fraction of sp³-hybridized carbons (Fsp3) is 0.0909. The number of anilines is 2. The third-order valence-corrected chi connectivity index (χ3v) is 4.07. The summed E-state index contributed by atoms with van der Waals surface area (Å²) in [6, 6.07) is 6.48. The van der Waals surface area contributed by atoms with Crippen molar-refractivity contribution in [1.29, 1.82) is 0 Å². The topological polar surface area (TPSA) is 88.5 Å². The van der Waals surface area contributed by atoms with E-state index >= 15 is 0 Å². The lowest BCUT2D eigenvalue weighted by Gasteiger charge is -2.21. The first-order valence-electron chi connectivity index (χ1n) is 5.22. The van der Waals surface area contributed by atoms with E-state index in [1.54, 1.807) is 18.3 Å². The molecular formula is C11H10N3O3S2-. The van der Waals surface area contributed by atoms with Crippen molar-refractivity contribution in [2.45, 2.75) is 16.0 Å². The van der Waals surface area contributed by atoms with Crippen molar-refractivity contribution in [2.24, 2.45) is 0 Å². The van der Waals surface area contributed by atoms with Crippen LogP contribution >= 0.6 is 23.1 Å². The number of hydrogen-bond acceptors (Lipinski definition) is 7. The Morgan fingerprint density at radius 2 is 2.16 bits per heavy atom. The van der Waals surface area contributed by atoms with E-state index in [0.717, 1.165) is 9.10 Å². The van der Waals surface area contributed by atoms with Crippen molar-refractivity contribution < 1.29 is 10.0 Å². The fourth-order valence-electron chi connectivity index (χ4n) is 1.27. The lowest BCUT2D eigenvalue weighted by Crippen LogP contribution is -2.06. The molecular weight excluding hydrogens is 286 g/mol. The van der Waals surface area contributed by atoms with Crippen LogP contribution in [0, 0.1) is 5.21 Å². The van der Waals surface area contributed by atoms with Gasteiger partial charge in [0, 0.05) is 11.8 Å². The van der Waals surface area contributed by atoms with Gasteiger partial charge in [-0.15, -0.1) is 0 Å². The number of thiazole rings is 1. The van der Waals surface area contributed by atoms with E-state index in [2.05, 4.69) is 10.3 Å². The Hall–Kier alpha value is -1.61. The minimum absolute atomic E-state index is 0.159. The van der Waals surface area contributed by atoms with Gasteiger partial charge in [-0.25, -0.2) is 4.98 Å². The van der Waals surface area contributed by atoms with Crippen molar-refractivity contribution in [3.63, 3.8) is 0 Å². The van der Waals surface area contributed by atoms with Crippen LogP contribution in [-0.2, 0) is 4.79 Å². The number of benzene rings is 1. The summed E-state index contributed by atoms with van der Waals surface area (Å²) in [6.07, 6.45) is 1.67. The second kappa shape index (κ2) is 6.02. The predicted octanol–water partition coefficient (Wildman–Crippen LogP) is 2.95. The standard InChI is InChI=1S/C11H10N3O3S2/c1-7(15)13-11-12-6-10(19-11)18-9-4-2-8(3-5-9)14(16)17/h2-6,16H,1H3,(H,12,13,15)/q-1. The molecule has 1 amide bonds. The van der Waals surface area contributed by atoms with Crippen LogP contribution in [0.25, 0.3) is 0 Å². The zero-order valence-corrected chi connectivity index (χ0v) is 11.5. The average Bonchev–Trinajstić information content (AvgIpc) is 2.76. The van der Waals surface area contributed by atoms with Crippen LogP contribution in [0.1, 0.15) is 6.92 Å². The van der Waals surface area contributed by atoms with Gasteiger partial charge in [-0.1, -0.05) is 23.1 Å². The Balaban J connectivity index is 2.04. The quantitative estimate of drug-likeness (QED) is 0.843. The van der Waals surface area contributed by atoms with Gasteiger partial charge >= 0.3 is 0 Å². The highest BCUT2D eigenvalue weighted by Crippen LogP contribution is 2.34. The highest BCUT2D eigenvalue weighted by Gasteiger charge is 2.05. The van der Waals surface area contributed by atoms with E-state index < -0.39 is 0 Å². The molecule has 0 saturated carbocycles. The van der Waals surface area contributed by atoms with Gasteiger partial charge in [-0.2, -0.15) is 0 Å². The number of carbonyl (C=O) groups is 1. The van der Waals surface area contributed by atoms with E-state index in [0.29, 0.717) is 5.13 Å². The zero-order chi connectivity index (χ0) is 13.8. The Morgan fingerprint density at radius 3 is 2.74 bits per heavy atom. The summed E-state index contributed by atoms with van der Waals surface area (Å²) < 4.78 is 0.916. The first-order chi connectivity index (χ1) is 9.04. The zero-order valence-electron chi connectivity index (χ0n) is 9.86. The summed E-state index contributed by atoms with van der Waals surface area (Å²) in [5, 5.41) is 22.3. The Kier molecular flexibility index (Phi) is 4.38. The maximum atomic E-state index is 10.9. The monoisotopic (exact) mass is 296 g/mol.